The number of carbonyl (C=O) groups excluding carboxylic acids is 1. The van der Waals surface area contributed by atoms with E-state index in [2.05, 4.69) is 9.47 Å². The first-order valence-electron chi connectivity index (χ1n) is 5.23. The second-order valence-corrected chi connectivity index (χ2v) is 4.36. The molecule has 0 N–H and O–H groups in total. The van der Waals surface area contributed by atoms with Crippen LogP contribution >= 0.6 is 11.6 Å². The normalized spacial score (nSPS) is 13.7. The van der Waals surface area contributed by atoms with Crippen molar-refractivity contribution in [3.63, 3.8) is 0 Å². The van der Waals surface area contributed by atoms with Crippen molar-refractivity contribution in [2.45, 2.75) is 25.0 Å². The van der Waals surface area contributed by atoms with Gasteiger partial charge >= 0.3 is 12.7 Å². The SMILES string of the molecule is CC(Cl)C(=O)c1cccc(OC(F)(F)F)c1OC(F)(F)F. The van der Waals surface area contributed by atoms with Crippen molar-refractivity contribution in [3.05, 3.63) is 23.8 Å². The average Bonchev–Trinajstić information content (AvgIpc) is 2.26. The van der Waals surface area contributed by atoms with Gasteiger partial charge < -0.3 is 9.47 Å². The average molecular weight is 337 g/mol. The molecule has 0 aliphatic carbocycles. The topological polar surface area (TPSA) is 35.5 Å². The van der Waals surface area contributed by atoms with Crippen molar-refractivity contribution in [2.24, 2.45) is 0 Å². The highest BCUT2D eigenvalue weighted by Gasteiger charge is 2.38. The van der Waals surface area contributed by atoms with Crippen LogP contribution in [0.1, 0.15) is 17.3 Å². The van der Waals surface area contributed by atoms with Gasteiger partial charge in [0, 0.05) is 0 Å². The second-order valence-electron chi connectivity index (χ2n) is 3.71. The summed E-state index contributed by atoms with van der Waals surface area (Å²) in [5.41, 5.74) is -0.767. The Labute approximate surface area is 119 Å². The lowest BCUT2D eigenvalue weighted by atomic mass is 10.1. The molecule has 0 bridgehead atoms. The number of hydrogen-bond acceptors (Lipinski definition) is 3. The molecule has 118 valence electrons. The molecular formula is C11H7ClF6O3. The Hall–Kier alpha value is -1.64. The predicted octanol–water partition coefficient (Wildman–Crippen LogP) is 4.29. The number of rotatable bonds is 4. The van der Waals surface area contributed by atoms with Gasteiger partial charge in [-0.1, -0.05) is 6.07 Å². The van der Waals surface area contributed by atoms with Crippen LogP contribution in [0.3, 0.4) is 0 Å². The minimum absolute atomic E-state index is 0.588. The molecule has 1 rings (SSSR count). The van der Waals surface area contributed by atoms with E-state index in [-0.39, 0.29) is 0 Å². The van der Waals surface area contributed by atoms with Gasteiger partial charge in [-0.2, -0.15) is 0 Å². The molecule has 0 spiro atoms. The lowest BCUT2D eigenvalue weighted by Gasteiger charge is -2.18. The number of carbonyl (C=O) groups is 1. The van der Waals surface area contributed by atoms with Crippen molar-refractivity contribution in [2.75, 3.05) is 0 Å². The molecule has 21 heavy (non-hydrogen) atoms. The molecule has 0 saturated carbocycles. The Kier molecular flexibility index (Phi) is 4.98. The van der Waals surface area contributed by atoms with Crippen molar-refractivity contribution in [1.29, 1.82) is 0 Å². The van der Waals surface area contributed by atoms with Crippen LogP contribution in [0.2, 0.25) is 0 Å². The van der Waals surface area contributed by atoms with Gasteiger partial charge in [-0.25, -0.2) is 0 Å². The summed E-state index contributed by atoms with van der Waals surface area (Å²) in [5, 5.41) is -1.26. The van der Waals surface area contributed by atoms with Crippen LogP contribution in [-0.4, -0.2) is 23.9 Å². The van der Waals surface area contributed by atoms with Crippen molar-refractivity contribution >= 4 is 17.4 Å². The Morgan fingerprint density at radius 2 is 1.62 bits per heavy atom. The van der Waals surface area contributed by atoms with Gasteiger partial charge in [-0.3, -0.25) is 4.79 Å². The zero-order chi connectivity index (χ0) is 16.4. The summed E-state index contributed by atoms with van der Waals surface area (Å²) in [7, 11) is 0. The maximum absolute atomic E-state index is 12.3. The summed E-state index contributed by atoms with van der Waals surface area (Å²) >= 11 is 5.44. The number of ether oxygens (including phenoxy) is 2. The van der Waals surface area contributed by atoms with Gasteiger partial charge in [-0.05, 0) is 19.1 Å². The van der Waals surface area contributed by atoms with Crippen molar-refractivity contribution < 1.29 is 40.6 Å². The summed E-state index contributed by atoms with van der Waals surface area (Å²) in [4.78, 5) is 11.7. The van der Waals surface area contributed by atoms with Gasteiger partial charge in [0.25, 0.3) is 0 Å². The van der Waals surface area contributed by atoms with Gasteiger partial charge in [0.05, 0.1) is 10.9 Å². The van der Waals surface area contributed by atoms with Crippen LogP contribution in [0, 0.1) is 0 Å². The number of para-hydroxylation sites is 1. The van der Waals surface area contributed by atoms with E-state index in [4.69, 9.17) is 11.6 Å². The van der Waals surface area contributed by atoms with E-state index in [1.807, 2.05) is 0 Å². The molecule has 0 heterocycles. The highest BCUT2D eigenvalue weighted by atomic mass is 35.5. The summed E-state index contributed by atoms with van der Waals surface area (Å²) < 4.78 is 80.3. The van der Waals surface area contributed by atoms with Gasteiger partial charge in [0.15, 0.2) is 17.3 Å². The lowest BCUT2D eigenvalue weighted by molar-refractivity contribution is -0.287. The van der Waals surface area contributed by atoms with Gasteiger partial charge in [0.1, 0.15) is 0 Å². The van der Waals surface area contributed by atoms with Crippen LogP contribution in [0.4, 0.5) is 26.3 Å². The first-order chi connectivity index (χ1) is 9.41. The van der Waals surface area contributed by atoms with Crippen molar-refractivity contribution in [3.8, 4) is 11.5 Å². The predicted molar refractivity (Wildman–Crippen MR) is 59.5 cm³/mol. The fourth-order valence-electron chi connectivity index (χ4n) is 1.35. The van der Waals surface area contributed by atoms with Gasteiger partial charge in [0.2, 0.25) is 0 Å². The molecule has 3 nitrogen and oxygen atoms in total. The number of Topliss-reactive ketones (excluding diaryl/α,β-unsaturated/α-hetero) is 1. The molecule has 0 radical (unpaired) electrons. The van der Waals surface area contributed by atoms with E-state index in [0.29, 0.717) is 6.07 Å². The highest BCUT2D eigenvalue weighted by Crippen LogP contribution is 2.39. The summed E-state index contributed by atoms with van der Waals surface area (Å²) in [6.45, 7) is 1.15. The highest BCUT2D eigenvalue weighted by molar-refractivity contribution is 6.34. The van der Waals surface area contributed by atoms with E-state index in [1.54, 1.807) is 0 Å². The fourth-order valence-corrected chi connectivity index (χ4v) is 1.47. The standard InChI is InChI=1S/C11H7ClF6O3/c1-5(12)8(19)6-3-2-4-7(20-10(13,14)15)9(6)21-11(16,17)18/h2-5H,1H3. The zero-order valence-corrected chi connectivity index (χ0v) is 10.9. The first kappa shape index (κ1) is 17.4. The molecular weight excluding hydrogens is 330 g/mol. The van der Waals surface area contributed by atoms with E-state index < -0.39 is 40.9 Å². The van der Waals surface area contributed by atoms with Gasteiger partial charge in [-0.15, -0.1) is 37.9 Å². The molecule has 0 saturated heterocycles. The van der Waals surface area contributed by atoms with Crippen LogP contribution < -0.4 is 9.47 Å². The quantitative estimate of drug-likeness (QED) is 0.467. The molecule has 10 heteroatoms. The van der Waals surface area contributed by atoms with Crippen LogP contribution in [-0.2, 0) is 0 Å². The number of benzene rings is 1. The van der Waals surface area contributed by atoms with Crippen molar-refractivity contribution in [1.82, 2.24) is 0 Å². The smallest absolute Gasteiger partial charge is 0.402 e. The lowest BCUT2D eigenvalue weighted by Crippen LogP contribution is -2.23. The monoisotopic (exact) mass is 336 g/mol. The van der Waals surface area contributed by atoms with Crippen LogP contribution in [0.5, 0.6) is 11.5 Å². The maximum atomic E-state index is 12.3. The molecule has 0 amide bonds. The molecule has 1 aromatic carbocycles. The molecule has 1 unspecified atom stereocenters. The third-order valence-electron chi connectivity index (χ3n) is 2.05. The largest absolute Gasteiger partial charge is 0.573 e. The number of halogens is 7. The summed E-state index contributed by atoms with van der Waals surface area (Å²) in [6.07, 6.45) is -10.6. The maximum Gasteiger partial charge on any atom is 0.573 e. The minimum Gasteiger partial charge on any atom is -0.402 e. The number of ketones is 1. The Balaban J connectivity index is 3.37. The summed E-state index contributed by atoms with van der Waals surface area (Å²) in [5.74, 6) is -3.72. The van der Waals surface area contributed by atoms with Crippen LogP contribution in [0.15, 0.2) is 18.2 Å². The molecule has 1 atom stereocenters. The van der Waals surface area contributed by atoms with E-state index in [1.165, 1.54) is 0 Å². The zero-order valence-electron chi connectivity index (χ0n) is 10.2. The molecule has 0 aliphatic heterocycles. The Morgan fingerprint density at radius 3 is 2.05 bits per heavy atom. The molecule has 1 aromatic rings. The molecule has 0 aliphatic rings. The first-order valence-corrected chi connectivity index (χ1v) is 5.67. The van der Waals surface area contributed by atoms with E-state index in [0.717, 1.165) is 19.1 Å². The third-order valence-corrected chi connectivity index (χ3v) is 2.25. The Bertz CT molecular complexity index is 524. The van der Waals surface area contributed by atoms with E-state index in [9.17, 15) is 31.1 Å². The fraction of sp³-hybridized carbons (Fsp3) is 0.364. The number of hydrogen-bond donors (Lipinski definition) is 0. The third kappa shape index (κ3) is 5.33. The molecule has 0 aromatic heterocycles. The Morgan fingerprint density at radius 1 is 1.10 bits per heavy atom. The molecule has 0 fully saturated rings. The van der Waals surface area contributed by atoms with E-state index >= 15 is 0 Å². The summed E-state index contributed by atoms with van der Waals surface area (Å²) in [6, 6.07) is 2.35. The number of alkyl halides is 7. The minimum atomic E-state index is -5.31. The van der Waals surface area contributed by atoms with Crippen LogP contribution in [0.25, 0.3) is 0 Å². The second kappa shape index (κ2) is 6.00.